The van der Waals surface area contributed by atoms with Crippen LogP contribution in [0, 0.1) is 0 Å². The summed E-state index contributed by atoms with van der Waals surface area (Å²) in [5.41, 5.74) is 5.90. The molecule has 4 rings (SSSR count). The second-order valence-electron chi connectivity index (χ2n) is 9.30. The van der Waals surface area contributed by atoms with Gasteiger partial charge in [0, 0.05) is 12.2 Å². The van der Waals surface area contributed by atoms with Crippen LogP contribution in [0.5, 0.6) is 0 Å². The van der Waals surface area contributed by atoms with Crippen molar-refractivity contribution < 1.29 is 8.83 Å². The summed E-state index contributed by atoms with van der Waals surface area (Å²) in [6.07, 6.45) is 3.60. The Morgan fingerprint density at radius 1 is 0.643 bits per heavy atom. The van der Waals surface area contributed by atoms with Gasteiger partial charge in [-0.15, -0.1) is 0 Å². The predicted molar refractivity (Wildman–Crippen MR) is 114 cm³/mol. The van der Waals surface area contributed by atoms with Gasteiger partial charge in [-0.05, 0) is 46.2 Å². The van der Waals surface area contributed by atoms with E-state index in [4.69, 9.17) is 8.83 Å². The van der Waals surface area contributed by atoms with Gasteiger partial charge in [0.25, 0.3) is 0 Å². The van der Waals surface area contributed by atoms with Crippen LogP contribution >= 0.6 is 0 Å². The highest BCUT2D eigenvalue weighted by Crippen LogP contribution is 2.28. The van der Waals surface area contributed by atoms with Crippen molar-refractivity contribution in [2.24, 2.45) is 0 Å². The van der Waals surface area contributed by atoms with Crippen LogP contribution in [-0.4, -0.2) is 9.97 Å². The lowest BCUT2D eigenvalue weighted by molar-refractivity contribution is 0.580. The van der Waals surface area contributed by atoms with Crippen LogP contribution in [0.4, 0.5) is 0 Å². The van der Waals surface area contributed by atoms with Crippen molar-refractivity contribution in [2.75, 3.05) is 0 Å². The second-order valence-corrected chi connectivity index (χ2v) is 9.30. The lowest BCUT2D eigenvalue weighted by Gasteiger charge is -2.18. The number of aromatic nitrogens is 2. The molecule has 28 heavy (non-hydrogen) atoms. The van der Waals surface area contributed by atoms with Crippen molar-refractivity contribution in [1.29, 1.82) is 0 Å². The third-order valence-electron chi connectivity index (χ3n) is 4.91. The predicted octanol–water partition coefficient (Wildman–Crippen LogP) is 6.73. The molecule has 4 heteroatoms. The Morgan fingerprint density at radius 3 is 1.39 bits per heavy atom. The molecule has 0 bridgehead atoms. The number of hydrogen-bond acceptors (Lipinski definition) is 4. The first-order chi connectivity index (χ1) is 13.1. The molecule has 4 nitrogen and oxygen atoms in total. The van der Waals surface area contributed by atoms with Gasteiger partial charge in [0.1, 0.15) is 11.0 Å². The van der Waals surface area contributed by atoms with E-state index in [9.17, 15) is 0 Å². The summed E-state index contributed by atoms with van der Waals surface area (Å²) in [4.78, 5) is 9.16. The fraction of sp³-hybridized carbons (Fsp3) is 0.333. The van der Waals surface area contributed by atoms with E-state index < -0.39 is 0 Å². The van der Waals surface area contributed by atoms with Crippen LogP contribution in [0.15, 0.2) is 45.2 Å². The molecule has 0 aliphatic carbocycles. The first kappa shape index (κ1) is 18.5. The van der Waals surface area contributed by atoms with Crippen LogP contribution in [0.25, 0.3) is 34.4 Å². The van der Waals surface area contributed by atoms with E-state index in [1.165, 1.54) is 11.1 Å². The molecular weight excluding hydrogens is 348 g/mol. The standard InChI is InChI=1S/C24H26N2O2/c1-23(2,3)15-7-9-19-17(13-15)25-21(27-19)11-12-22-26-18-14-16(24(4,5)6)8-10-20(18)28-22/h7-14H,1-6H3. The highest BCUT2D eigenvalue weighted by molar-refractivity contribution is 5.78. The minimum Gasteiger partial charge on any atom is -0.437 e. The molecule has 0 aliphatic rings. The maximum atomic E-state index is 5.83. The zero-order chi connectivity index (χ0) is 20.1. The summed E-state index contributed by atoms with van der Waals surface area (Å²) in [5.74, 6) is 1.08. The molecule has 0 N–H and O–H groups in total. The summed E-state index contributed by atoms with van der Waals surface area (Å²) >= 11 is 0. The molecule has 0 aliphatic heterocycles. The summed E-state index contributed by atoms with van der Waals surface area (Å²) < 4.78 is 11.7. The van der Waals surface area contributed by atoms with E-state index in [1.807, 2.05) is 12.1 Å². The molecule has 0 atom stereocenters. The molecule has 2 aromatic heterocycles. The fourth-order valence-electron chi connectivity index (χ4n) is 3.11. The first-order valence-electron chi connectivity index (χ1n) is 9.60. The molecular formula is C24H26N2O2. The normalized spacial score (nSPS) is 13.2. The lowest BCUT2D eigenvalue weighted by atomic mass is 9.87. The second kappa shape index (κ2) is 6.33. The number of hydrogen-bond donors (Lipinski definition) is 0. The molecule has 2 heterocycles. The van der Waals surface area contributed by atoms with Gasteiger partial charge >= 0.3 is 0 Å². The largest absolute Gasteiger partial charge is 0.437 e. The van der Waals surface area contributed by atoms with E-state index in [1.54, 1.807) is 12.2 Å². The van der Waals surface area contributed by atoms with Gasteiger partial charge < -0.3 is 8.83 Å². The van der Waals surface area contributed by atoms with Gasteiger partial charge in [0.15, 0.2) is 11.2 Å². The molecule has 2 aromatic carbocycles. The van der Waals surface area contributed by atoms with Crippen molar-refractivity contribution in [3.63, 3.8) is 0 Å². The highest BCUT2D eigenvalue weighted by atomic mass is 16.4. The average Bonchev–Trinajstić information content (AvgIpc) is 3.19. The third-order valence-corrected chi connectivity index (χ3v) is 4.91. The molecule has 0 radical (unpaired) electrons. The number of rotatable bonds is 2. The minimum absolute atomic E-state index is 0.0766. The van der Waals surface area contributed by atoms with Gasteiger partial charge in [-0.3, -0.25) is 0 Å². The van der Waals surface area contributed by atoms with Crippen molar-refractivity contribution in [3.05, 3.63) is 59.3 Å². The summed E-state index contributed by atoms with van der Waals surface area (Å²) in [5, 5.41) is 0. The third kappa shape index (κ3) is 3.59. The van der Waals surface area contributed by atoms with E-state index in [0.29, 0.717) is 11.8 Å². The average molecular weight is 374 g/mol. The number of benzene rings is 2. The minimum atomic E-state index is 0.0766. The van der Waals surface area contributed by atoms with Crippen LogP contribution < -0.4 is 0 Å². The summed E-state index contributed by atoms with van der Waals surface area (Å²) in [6, 6.07) is 12.3. The lowest BCUT2D eigenvalue weighted by Crippen LogP contribution is -2.10. The van der Waals surface area contributed by atoms with Gasteiger partial charge in [0.05, 0.1) is 0 Å². The summed E-state index contributed by atoms with van der Waals surface area (Å²) in [6.45, 7) is 13.1. The number of nitrogens with zero attached hydrogens (tertiary/aromatic N) is 2. The van der Waals surface area contributed by atoms with Crippen LogP contribution in [0.3, 0.4) is 0 Å². The Morgan fingerprint density at radius 2 is 1.04 bits per heavy atom. The van der Waals surface area contributed by atoms with Crippen LogP contribution in [0.2, 0.25) is 0 Å². The Bertz CT molecular complexity index is 1090. The van der Waals surface area contributed by atoms with Gasteiger partial charge in [0.2, 0.25) is 11.8 Å². The maximum absolute atomic E-state index is 5.83. The van der Waals surface area contributed by atoms with E-state index in [2.05, 4.69) is 75.8 Å². The molecule has 144 valence electrons. The highest BCUT2D eigenvalue weighted by Gasteiger charge is 2.16. The maximum Gasteiger partial charge on any atom is 0.220 e. The SMILES string of the molecule is CC(C)(C)c1ccc2oc(C=Cc3nc4cc(C(C)(C)C)ccc4o3)nc2c1. The van der Waals surface area contributed by atoms with Gasteiger partial charge in [-0.2, -0.15) is 0 Å². The van der Waals surface area contributed by atoms with Crippen molar-refractivity contribution >= 4 is 34.4 Å². The Kier molecular flexibility index (Phi) is 4.18. The summed E-state index contributed by atoms with van der Waals surface area (Å²) in [7, 11) is 0. The molecule has 0 unspecified atom stereocenters. The van der Waals surface area contributed by atoms with Gasteiger partial charge in [-0.25, -0.2) is 9.97 Å². The molecule has 0 spiro atoms. The van der Waals surface area contributed by atoms with Crippen LogP contribution in [0.1, 0.15) is 64.5 Å². The first-order valence-corrected chi connectivity index (χ1v) is 9.60. The Labute approximate surface area is 165 Å². The number of fused-ring (bicyclic) bond motifs is 2. The zero-order valence-corrected chi connectivity index (χ0v) is 17.3. The molecule has 0 saturated carbocycles. The zero-order valence-electron chi connectivity index (χ0n) is 17.3. The quantitative estimate of drug-likeness (QED) is 0.390. The monoisotopic (exact) mass is 374 g/mol. The van der Waals surface area contributed by atoms with Gasteiger partial charge in [-0.1, -0.05) is 53.7 Å². The van der Waals surface area contributed by atoms with E-state index in [-0.39, 0.29) is 10.8 Å². The van der Waals surface area contributed by atoms with E-state index in [0.717, 1.165) is 22.2 Å². The van der Waals surface area contributed by atoms with E-state index >= 15 is 0 Å². The van der Waals surface area contributed by atoms with Crippen molar-refractivity contribution in [1.82, 2.24) is 9.97 Å². The molecule has 0 saturated heterocycles. The molecule has 4 aromatic rings. The van der Waals surface area contributed by atoms with Crippen LogP contribution in [-0.2, 0) is 10.8 Å². The molecule has 0 amide bonds. The Hall–Kier alpha value is -2.88. The fourth-order valence-corrected chi connectivity index (χ4v) is 3.11. The smallest absolute Gasteiger partial charge is 0.220 e. The number of oxazole rings is 2. The topological polar surface area (TPSA) is 52.1 Å². The molecule has 0 fully saturated rings. The van der Waals surface area contributed by atoms with Crippen molar-refractivity contribution in [3.8, 4) is 0 Å². The van der Waals surface area contributed by atoms with Crippen molar-refractivity contribution in [2.45, 2.75) is 52.4 Å². The Balaban J connectivity index is 1.63.